The molecule has 2 atom stereocenters. The number of hydrogen-bond acceptors (Lipinski definition) is 5. The van der Waals surface area contributed by atoms with Crippen molar-refractivity contribution < 1.29 is 30.5 Å². The van der Waals surface area contributed by atoms with Crippen molar-refractivity contribution >= 4 is 23.1 Å². The first-order chi connectivity index (χ1) is 22.5. The second-order valence-electron chi connectivity index (χ2n) is 14.3. The van der Waals surface area contributed by atoms with Crippen molar-refractivity contribution in [3.05, 3.63) is 141 Å². The first-order valence-electron chi connectivity index (χ1n) is 16.5. The van der Waals surface area contributed by atoms with Crippen LogP contribution in [0.2, 0.25) is 0 Å². The minimum Gasteiger partial charge on any atom is -0.514 e. The molecule has 3 heterocycles. The van der Waals surface area contributed by atoms with E-state index in [0.29, 0.717) is 17.4 Å². The van der Waals surface area contributed by atoms with Gasteiger partial charge < -0.3 is 14.4 Å². The van der Waals surface area contributed by atoms with Gasteiger partial charge in [-0.3, -0.25) is 4.99 Å². The summed E-state index contributed by atoms with van der Waals surface area (Å²) < 4.78 is 13.1. The molecule has 0 radical (unpaired) electrons. The van der Waals surface area contributed by atoms with Gasteiger partial charge in [-0.25, -0.2) is 4.98 Å². The number of para-hydroxylation sites is 1. The van der Waals surface area contributed by atoms with Gasteiger partial charge in [0.15, 0.2) is 0 Å². The number of benzene rings is 4. The molecule has 48 heavy (non-hydrogen) atoms. The Kier molecular flexibility index (Phi) is 7.91. The Bertz CT molecular complexity index is 2070. The summed E-state index contributed by atoms with van der Waals surface area (Å²) in [7, 11) is 0. The average Bonchev–Trinajstić information content (AvgIpc) is 3.36. The van der Waals surface area contributed by atoms with Crippen LogP contribution in [0.5, 0.6) is 11.5 Å². The molecule has 4 aromatic carbocycles. The minimum absolute atomic E-state index is 0. The zero-order chi connectivity index (χ0) is 32.7. The van der Waals surface area contributed by atoms with E-state index in [9.17, 15) is 0 Å². The number of aliphatic imine (C=N–C) groups is 1. The van der Waals surface area contributed by atoms with E-state index in [2.05, 4.69) is 120 Å². The molecule has 1 aliphatic carbocycles. The Balaban J connectivity index is 0.00000364. The summed E-state index contributed by atoms with van der Waals surface area (Å²) in [6.45, 7) is 15.3. The molecule has 0 spiro atoms. The van der Waals surface area contributed by atoms with Crippen LogP contribution >= 0.6 is 0 Å². The largest absolute Gasteiger partial charge is 2.00 e. The normalized spacial score (nSPS) is 19.9. The molecule has 1 aromatic heterocycles. The fourth-order valence-corrected chi connectivity index (χ4v) is 7.58. The van der Waals surface area contributed by atoms with Crippen LogP contribution in [0.25, 0.3) is 0 Å². The minimum atomic E-state index is -0.314. The molecule has 0 bridgehead atoms. The number of aryl methyl sites for hydroxylation is 4. The first-order valence-corrected chi connectivity index (χ1v) is 16.5. The van der Waals surface area contributed by atoms with Gasteiger partial charge in [-0.2, -0.15) is 5.56 Å². The molecule has 0 amide bonds. The van der Waals surface area contributed by atoms with E-state index in [0.717, 1.165) is 46.7 Å². The number of anilines is 3. The van der Waals surface area contributed by atoms with E-state index in [1.165, 1.54) is 33.4 Å². The molecule has 0 unspecified atom stereocenters. The summed E-state index contributed by atoms with van der Waals surface area (Å²) in [5.41, 5.74) is 12.2. The van der Waals surface area contributed by atoms with E-state index in [1.54, 1.807) is 0 Å². The van der Waals surface area contributed by atoms with Crippen LogP contribution < -0.4 is 9.64 Å². The molecule has 5 aromatic rings. The van der Waals surface area contributed by atoms with Crippen molar-refractivity contribution in [3.8, 4) is 11.5 Å². The van der Waals surface area contributed by atoms with Crippen molar-refractivity contribution in [2.75, 3.05) is 4.90 Å². The van der Waals surface area contributed by atoms with E-state index >= 15 is 0 Å². The van der Waals surface area contributed by atoms with Gasteiger partial charge in [0.2, 0.25) is 0 Å². The summed E-state index contributed by atoms with van der Waals surface area (Å²) in [4.78, 5) is 12.3. The Hall–Kier alpha value is -4.21. The third-order valence-electron chi connectivity index (χ3n) is 10.2. The van der Waals surface area contributed by atoms with Crippen LogP contribution in [0, 0.1) is 39.8 Å². The Labute approximate surface area is 298 Å². The van der Waals surface area contributed by atoms with E-state index in [1.807, 2.05) is 24.4 Å². The van der Waals surface area contributed by atoms with Crippen molar-refractivity contribution in [2.24, 2.45) is 4.99 Å². The molecule has 0 saturated carbocycles. The first kappa shape index (κ1) is 32.3. The van der Waals surface area contributed by atoms with Gasteiger partial charge in [-0.1, -0.05) is 87.5 Å². The number of nitrogens with zero attached hydrogens (tertiary/aromatic N) is 3. The third kappa shape index (κ3) is 5.37. The number of hydrogen-bond donors (Lipinski definition) is 0. The molecule has 3 aliphatic rings. The summed E-state index contributed by atoms with van der Waals surface area (Å²) in [6, 6.07) is 32.7. The molecule has 0 fully saturated rings. The number of pyridine rings is 1. The van der Waals surface area contributed by atoms with Gasteiger partial charge in [0.25, 0.3) is 0 Å². The molecule has 244 valence electrons. The fourth-order valence-electron chi connectivity index (χ4n) is 7.58. The monoisotopic (exact) mass is 812 g/mol. The van der Waals surface area contributed by atoms with Gasteiger partial charge in [0.1, 0.15) is 17.8 Å². The van der Waals surface area contributed by atoms with Gasteiger partial charge in [-0.05, 0) is 60.7 Å². The van der Waals surface area contributed by atoms with Crippen LogP contribution in [0.15, 0.2) is 84.0 Å². The predicted molar refractivity (Wildman–Crippen MR) is 188 cm³/mol. The van der Waals surface area contributed by atoms with Crippen LogP contribution in [-0.4, -0.2) is 22.5 Å². The number of ether oxygens (including phenoxy) is 2. The number of aromatic nitrogens is 1. The van der Waals surface area contributed by atoms with Crippen molar-refractivity contribution in [1.82, 2.24) is 4.98 Å². The quantitative estimate of drug-likeness (QED) is 0.170. The van der Waals surface area contributed by atoms with Crippen LogP contribution in [0.1, 0.15) is 70.8 Å². The molecule has 0 saturated heterocycles. The summed E-state index contributed by atoms with van der Waals surface area (Å²) in [5.74, 6) is 2.76. The maximum Gasteiger partial charge on any atom is 2.00 e. The van der Waals surface area contributed by atoms with Crippen LogP contribution in [0.4, 0.5) is 17.2 Å². The maximum atomic E-state index is 6.58. The van der Waals surface area contributed by atoms with Crippen molar-refractivity contribution in [1.29, 1.82) is 0 Å². The van der Waals surface area contributed by atoms with E-state index in [4.69, 9.17) is 19.5 Å². The van der Waals surface area contributed by atoms with Crippen molar-refractivity contribution in [3.63, 3.8) is 0 Å². The topological polar surface area (TPSA) is 47.0 Å². The standard InChI is InChI=1S/C42H39N3O2.Pt/c1-25-15-30(40-44-42(7)24-31-20-28(4)27(3)19-29(31)22-38(42)47-40)21-33(17-25)46-34-18-26(2)16-32(23-34)45-37-13-9-8-11-35(37)41(5,6)36-12-10-14-43-39(36)45;/h8-20,38H,22,24H2,1-7H3;/q-2;+2/t38-,42-;/m0./s1. The molecular weight excluding hydrogens is 774 g/mol. The molecule has 6 heteroatoms. The Morgan fingerprint density at radius 3 is 2.29 bits per heavy atom. The molecule has 0 N–H and O–H groups in total. The smallest absolute Gasteiger partial charge is 0.514 e. The Morgan fingerprint density at radius 1 is 0.812 bits per heavy atom. The summed E-state index contributed by atoms with van der Waals surface area (Å²) in [6.07, 6.45) is 3.57. The molecule has 5 nitrogen and oxygen atoms in total. The second-order valence-corrected chi connectivity index (χ2v) is 14.3. The zero-order valence-electron chi connectivity index (χ0n) is 28.5. The van der Waals surface area contributed by atoms with Gasteiger partial charge in [0.05, 0.1) is 5.54 Å². The fraction of sp³-hybridized carbons (Fsp3) is 0.286. The van der Waals surface area contributed by atoms with Crippen LogP contribution in [0.3, 0.4) is 0 Å². The molecular formula is C42H39N3O2Pt. The van der Waals surface area contributed by atoms with E-state index < -0.39 is 0 Å². The average molecular weight is 813 g/mol. The summed E-state index contributed by atoms with van der Waals surface area (Å²) >= 11 is 0. The number of fused-ring (bicyclic) bond motifs is 4. The Morgan fingerprint density at radius 2 is 1.50 bits per heavy atom. The second kappa shape index (κ2) is 11.7. The zero-order valence-corrected chi connectivity index (χ0v) is 30.7. The molecule has 8 rings (SSSR count). The molecule has 2 aliphatic heterocycles. The van der Waals surface area contributed by atoms with E-state index in [-0.39, 0.29) is 38.1 Å². The predicted octanol–water partition coefficient (Wildman–Crippen LogP) is 9.52. The van der Waals surface area contributed by atoms with Crippen LogP contribution in [-0.2, 0) is 44.1 Å². The van der Waals surface area contributed by atoms with Gasteiger partial charge in [0, 0.05) is 47.2 Å². The van der Waals surface area contributed by atoms with Gasteiger partial charge in [-0.15, -0.1) is 29.8 Å². The van der Waals surface area contributed by atoms with Crippen molar-refractivity contribution in [2.45, 2.75) is 78.4 Å². The van der Waals surface area contributed by atoms with Gasteiger partial charge >= 0.3 is 21.1 Å². The third-order valence-corrected chi connectivity index (χ3v) is 10.2. The summed E-state index contributed by atoms with van der Waals surface area (Å²) in [5, 5.41) is 0. The maximum absolute atomic E-state index is 6.58. The number of rotatable bonds is 4. The SMILES string of the molecule is Cc1cc(Oc2[c-]c(N3c4ccccc4C(C)(C)c4cccnc43)cc(C)c2)[c-]c(C2=N[C@@]3(C)Cc4cc(C)c(C)cc4C[C@@H]3O2)c1.[Pt+2].